The molecule has 136 valence electrons. The summed E-state index contributed by atoms with van der Waals surface area (Å²) in [4.78, 5) is 19.9. The molecule has 2 aromatic carbocycles. The molecule has 1 amide bonds. The molecule has 3 aliphatic rings. The second-order valence-corrected chi connectivity index (χ2v) is 8.72. The first-order valence-corrected chi connectivity index (χ1v) is 10.3. The van der Waals surface area contributed by atoms with Gasteiger partial charge in [-0.1, -0.05) is 40.2 Å². The molecule has 2 aromatic rings. The van der Waals surface area contributed by atoms with E-state index in [9.17, 15) is 4.79 Å². The largest absolute Gasteiger partial charge is 0.339 e. The number of rotatable bonds is 1. The molecule has 2 aliphatic heterocycles. The Labute approximate surface area is 167 Å². The number of allylic oxidation sites excluding steroid dienone is 1. The highest BCUT2D eigenvalue weighted by atomic mass is 79.9. The maximum Gasteiger partial charge on any atom is 0.250 e. The predicted octanol–water partition coefficient (Wildman–Crippen LogP) is 5.06. The van der Waals surface area contributed by atoms with Crippen LogP contribution in [0.25, 0.3) is 5.57 Å². The molecule has 0 N–H and O–H groups in total. The van der Waals surface area contributed by atoms with Crippen LogP contribution in [-0.4, -0.2) is 30.1 Å². The minimum absolute atomic E-state index is 0.0159. The number of benzene rings is 2. The zero-order chi connectivity index (χ0) is 18.6. The second kappa shape index (κ2) is 6.16. The van der Waals surface area contributed by atoms with E-state index in [-0.39, 0.29) is 11.3 Å². The van der Waals surface area contributed by atoms with E-state index in [0.29, 0.717) is 0 Å². The number of halogens is 1. The van der Waals surface area contributed by atoms with E-state index in [0.717, 1.165) is 53.7 Å². The summed E-state index contributed by atoms with van der Waals surface area (Å²) in [6, 6.07) is 14.7. The molecule has 1 spiro atoms. The van der Waals surface area contributed by atoms with Gasteiger partial charge in [0.2, 0.25) is 5.91 Å². The first kappa shape index (κ1) is 16.9. The average Bonchev–Trinajstić information content (AvgIpc) is 3.21. The molecule has 1 saturated heterocycles. The van der Waals surface area contributed by atoms with Crippen LogP contribution in [0.2, 0.25) is 0 Å². The van der Waals surface area contributed by atoms with Crippen LogP contribution in [0.5, 0.6) is 0 Å². The number of fused-ring (bicyclic) bond motifs is 3. The lowest BCUT2D eigenvalue weighted by Crippen LogP contribution is -2.45. The van der Waals surface area contributed by atoms with Gasteiger partial charge < -0.3 is 4.90 Å². The Morgan fingerprint density at radius 1 is 1.15 bits per heavy atom. The van der Waals surface area contributed by atoms with Crippen molar-refractivity contribution in [2.45, 2.75) is 31.6 Å². The molecular weight excluding hydrogens is 400 g/mol. The molecule has 1 fully saturated rings. The third kappa shape index (κ3) is 2.61. The Kier molecular flexibility index (Phi) is 3.87. The Morgan fingerprint density at radius 3 is 2.70 bits per heavy atom. The van der Waals surface area contributed by atoms with Crippen LogP contribution in [0, 0.1) is 0 Å². The molecule has 0 atom stereocenters. The number of amides is 1. The first-order chi connectivity index (χ1) is 13.1. The van der Waals surface area contributed by atoms with E-state index >= 15 is 0 Å². The van der Waals surface area contributed by atoms with Crippen molar-refractivity contribution in [3.05, 3.63) is 69.2 Å². The topological polar surface area (TPSA) is 32.7 Å². The lowest BCUT2D eigenvalue weighted by atomic mass is 9.74. The van der Waals surface area contributed by atoms with Crippen LogP contribution in [0.4, 0.5) is 5.69 Å². The van der Waals surface area contributed by atoms with Gasteiger partial charge in [0.25, 0.3) is 0 Å². The van der Waals surface area contributed by atoms with Crippen molar-refractivity contribution in [2.75, 3.05) is 13.1 Å². The van der Waals surface area contributed by atoms with E-state index in [1.807, 2.05) is 11.0 Å². The van der Waals surface area contributed by atoms with Crippen molar-refractivity contribution in [3.63, 3.8) is 0 Å². The third-order valence-corrected chi connectivity index (χ3v) is 6.88. The standard InChI is InChI=1S/C23H21BrN2O/c1-15-18-5-3-2-4-16(18)12-19(15)22(27)26-10-8-23(9-11-26)14-25-21-7-6-17(24)13-20(21)23/h2-7,13-14H,8-12H2,1H3. The second-order valence-electron chi connectivity index (χ2n) is 7.81. The molecule has 5 rings (SSSR count). The third-order valence-electron chi connectivity index (χ3n) is 6.39. The summed E-state index contributed by atoms with van der Waals surface area (Å²) in [6.45, 7) is 3.65. The van der Waals surface area contributed by atoms with Crippen molar-refractivity contribution in [1.82, 2.24) is 4.90 Å². The summed E-state index contributed by atoms with van der Waals surface area (Å²) in [5.74, 6) is 0.211. The van der Waals surface area contributed by atoms with Gasteiger partial charge in [-0.15, -0.1) is 0 Å². The number of aliphatic imine (C=N–C) groups is 1. The molecule has 0 bridgehead atoms. The summed E-state index contributed by atoms with van der Waals surface area (Å²) >= 11 is 3.59. The number of carbonyl (C=O) groups excluding carboxylic acids is 1. The lowest BCUT2D eigenvalue weighted by molar-refractivity contribution is -0.128. The number of nitrogens with zero attached hydrogens (tertiary/aromatic N) is 2. The van der Waals surface area contributed by atoms with Gasteiger partial charge >= 0.3 is 0 Å². The van der Waals surface area contributed by atoms with Gasteiger partial charge in [0.15, 0.2) is 0 Å². The number of likely N-dealkylation sites (tertiary alicyclic amines) is 1. The minimum Gasteiger partial charge on any atom is -0.339 e. The average molecular weight is 421 g/mol. The van der Waals surface area contributed by atoms with Gasteiger partial charge in [0.1, 0.15) is 0 Å². The van der Waals surface area contributed by atoms with E-state index in [1.165, 1.54) is 16.7 Å². The van der Waals surface area contributed by atoms with Gasteiger partial charge in [0, 0.05) is 41.2 Å². The monoisotopic (exact) mass is 420 g/mol. The normalized spacial score (nSPS) is 19.6. The number of hydrogen-bond donors (Lipinski definition) is 0. The minimum atomic E-state index is -0.0159. The Hall–Kier alpha value is -2.20. The summed E-state index contributed by atoms with van der Waals surface area (Å²) in [7, 11) is 0. The van der Waals surface area contributed by atoms with Gasteiger partial charge in [0.05, 0.1) is 5.69 Å². The predicted molar refractivity (Wildman–Crippen MR) is 113 cm³/mol. The molecule has 0 unspecified atom stereocenters. The summed E-state index contributed by atoms with van der Waals surface area (Å²) in [5.41, 5.74) is 6.97. The number of carbonyl (C=O) groups is 1. The molecule has 27 heavy (non-hydrogen) atoms. The zero-order valence-electron chi connectivity index (χ0n) is 15.3. The zero-order valence-corrected chi connectivity index (χ0v) is 16.9. The molecule has 0 radical (unpaired) electrons. The molecule has 0 saturated carbocycles. The van der Waals surface area contributed by atoms with Crippen molar-refractivity contribution in [3.8, 4) is 0 Å². The maximum atomic E-state index is 13.2. The van der Waals surface area contributed by atoms with E-state index < -0.39 is 0 Å². The highest BCUT2D eigenvalue weighted by Gasteiger charge is 2.41. The first-order valence-electron chi connectivity index (χ1n) is 9.50. The Balaban J connectivity index is 1.36. The van der Waals surface area contributed by atoms with Gasteiger partial charge in [-0.05, 0) is 60.2 Å². The quantitative estimate of drug-likeness (QED) is 0.634. The fraction of sp³-hybridized carbons (Fsp3) is 0.304. The van der Waals surface area contributed by atoms with Crippen molar-refractivity contribution in [1.29, 1.82) is 0 Å². The molecule has 4 heteroatoms. The van der Waals surface area contributed by atoms with Crippen molar-refractivity contribution in [2.24, 2.45) is 4.99 Å². The SMILES string of the molecule is CC1=C(C(=O)N2CCC3(C=Nc4ccc(Br)cc43)CC2)Cc2ccccc21. The van der Waals surface area contributed by atoms with Gasteiger partial charge in [-0.25, -0.2) is 0 Å². The van der Waals surface area contributed by atoms with Crippen molar-refractivity contribution < 1.29 is 4.79 Å². The van der Waals surface area contributed by atoms with Gasteiger partial charge in [-0.3, -0.25) is 9.79 Å². The number of piperidine rings is 1. The molecule has 2 heterocycles. The van der Waals surface area contributed by atoms with Crippen LogP contribution in [0.3, 0.4) is 0 Å². The van der Waals surface area contributed by atoms with Crippen LogP contribution in [0.1, 0.15) is 36.5 Å². The van der Waals surface area contributed by atoms with Crippen LogP contribution >= 0.6 is 15.9 Å². The molecule has 1 aliphatic carbocycles. The van der Waals surface area contributed by atoms with Crippen LogP contribution in [-0.2, 0) is 16.6 Å². The molecule has 3 nitrogen and oxygen atoms in total. The molecular formula is C23H21BrN2O. The highest BCUT2D eigenvalue weighted by Crippen LogP contribution is 2.45. The van der Waals surface area contributed by atoms with Gasteiger partial charge in [-0.2, -0.15) is 0 Å². The fourth-order valence-electron chi connectivity index (χ4n) is 4.74. The van der Waals surface area contributed by atoms with E-state index in [4.69, 9.17) is 0 Å². The smallest absolute Gasteiger partial charge is 0.250 e. The highest BCUT2D eigenvalue weighted by molar-refractivity contribution is 9.10. The lowest BCUT2D eigenvalue weighted by Gasteiger charge is -2.38. The fourth-order valence-corrected chi connectivity index (χ4v) is 5.10. The van der Waals surface area contributed by atoms with Crippen LogP contribution < -0.4 is 0 Å². The molecule has 0 aromatic heterocycles. The Bertz CT molecular complexity index is 1010. The summed E-state index contributed by atoms with van der Waals surface area (Å²) in [5, 5.41) is 0. The summed E-state index contributed by atoms with van der Waals surface area (Å²) < 4.78 is 1.09. The van der Waals surface area contributed by atoms with E-state index in [2.05, 4.69) is 70.5 Å². The summed E-state index contributed by atoms with van der Waals surface area (Å²) in [6.07, 6.45) is 4.75. The number of hydrogen-bond acceptors (Lipinski definition) is 2. The maximum absolute atomic E-state index is 13.2. The van der Waals surface area contributed by atoms with E-state index in [1.54, 1.807) is 0 Å². The van der Waals surface area contributed by atoms with Crippen LogP contribution in [0.15, 0.2) is 57.5 Å². The Morgan fingerprint density at radius 2 is 1.93 bits per heavy atom. The van der Waals surface area contributed by atoms with Crippen molar-refractivity contribution >= 4 is 39.3 Å².